The fourth-order valence-corrected chi connectivity index (χ4v) is 3.57. The van der Waals surface area contributed by atoms with Gasteiger partial charge >= 0.3 is 6.18 Å². The number of hydrogen-bond acceptors (Lipinski definition) is 6. The predicted molar refractivity (Wildman–Crippen MR) is 100.0 cm³/mol. The number of halogens is 3. The first-order valence-electron chi connectivity index (χ1n) is 9.17. The molecule has 0 spiro atoms. The number of nitrogens with zero attached hydrogens (tertiary/aromatic N) is 4. The van der Waals surface area contributed by atoms with Gasteiger partial charge in [-0.15, -0.1) is 0 Å². The highest BCUT2D eigenvalue weighted by Crippen LogP contribution is 2.43. The molecule has 7 nitrogen and oxygen atoms in total. The van der Waals surface area contributed by atoms with Gasteiger partial charge in [0.1, 0.15) is 5.69 Å². The van der Waals surface area contributed by atoms with Crippen LogP contribution in [0.25, 0.3) is 33.6 Å². The van der Waals surface area contributed by atoms with Crippen LogP contribution in [-0.2, 0) is 12.7 Å². The number of fused-ring (bicyclic) bond motifs is 2. The maximum Gasteiger partial charge on any atom is 0.417 e. The maximum atomic E-state index is 14.0. The van der Waals surface area contributed by atoms with E-state index in [0.29, 0.717) is 34.9 Å². The Morgan fingerprint density at radius 2 is 1.93 bits per heavy atom. The van der Waals surface area contributed by atoms with Gasteiger partial charge in [-0.05, 0) is 38.1 Å². The van der Waals surface area contributed by atoms with Gasteiger partial charge in [0.25, 0.3) is 5.71 Å². The molecule has 0 saturated carbocycles. The van der Waals surface area contributed by atoms with E-state index in [2.05, 4.69) is 15.2 Å². The van der Waals surface area contributed by atoms with E-state index in [0.717, 1.165) is 6.07 Å². The monoisotopic (exact) mass is 416 g/mol. The second-order valence-electron chi connectivity index (χ2n) is 6.79. The van der Waals surface area contributed by atoms with Gasteiger partial charge in [-0.2, -0.15) is 18.3 Å². The van der Waals surface area contributed by atoms with Crippen molar-refractivity contribution in [3.05, 3.63) is 41.7 Å². The van der Waals surface area contributed by atoms with Crippen LogP contribution in [0.1, 0.15) is 18.2 Å². The largest absolute Gasteiger partial charge is 0.454 e. The van der Waals surface area contributed by atoms with Crippen LogP contribution in [0, 0.1) is 6.92 Å². The van der Waals surface area contributed by atoms with Crippen LogP contribution < -0.4 is 9.47 Å². The topological polar surface area (TPSA) is 75.2 Å². The summed E-state index contributed by atoms with van der Waals surface area (Å²) in [5.41, 5.74) is 0.721. The number of rotatable bonds is 3. The molecule has 0 radical (unpaired) electrons. The molecule has 0 N–H and O–H groups in total. The molecule has 3 aromatic heterocycles. The van der Waals surface area contributed by atoms with Crippen molar-refractivity contribution < 1.29 is 27.2 Å². The number of aromatic nitrogens is 4. The van der Waals surface area contributed by atoms with E-state index in [4.69, 9.17) is 14.0 Å². The molecule has 4 aromatic rings. The number of ether oxygens (including phenoxy) is 2. The first kappa shape index (κ1) is 18.5. The molecular formula is C20H15F3N4O3. The van der Waals surface area contributed by atoms with Crippen molar-refractivity contribution in [2.45, 2.75) is 26.6 Å². The Labute approximate surface area is 168 Å². The van der Waals surface area contributed by atoms with Crippen LogP contribution in [0.3, 0.4) is 0 Å². The quantitative estimate of drug-likeness (QED) is 0.476. The molecular weight excluding hydrogens is 401 g/mol. The SMILES string of the molecule is CCn1ncc(-c2cc(C(F)(F)F)c3c(-c4ccc5c(c4)OCO5)noc3n2)c1C. The number of hydrogen-bond donors (Lipinski definition) is 0. The van der Waals surface area contributed by atoms with Gasteiger partial charge in [-0.25, -0.2) is 4.98 Å². The molecule has 1 aromatic carbocycles. The summed E-state index contributed by atoms with van der Waals surface area (Å²) in [6.07, 6.45) is -3.14. The Kier molecular flexibility index (Phi) is 3.99. The predicted octanol–water partition coefficient (Wildman–Crippen LogP) is 4.83. The van der Waals surface area contributed by atoms with Crippen molar-refractivity contribution >= 4 is 11.1 Å². The highest BCUT2D eigenvalue weighted by molar-refractivity contribution is 5.94. The minimum atomic E-state index is -4.64. The fourth-order valence-electron chi connectivity index (χ4n) is 3.57. The van der Waals surface area contributed by atoms with Gasteiger partial charge in [0.05, 0.1) is 22.8 Å². The van der Waals surface area contributed by atoms with Crippen molar-refractivity contribution in [2.24, 2.45) is 0 Å². The summed E-state index contributed by atoms with van der Waals surface area (Å²) in [6.45, 7) is 4.33. The first-order chi connectivity index (χ1) is 14.4. The molecule has 5 rings (SSSR count). The lowest BCUT2D eigenvalue weighted by molar-refractivity contribution is -0.136. The summed E-state index contributed by atoms with van der Waals surface area (Å²) in [6, 6.07) is 5.81. The lowest BCUT2D eigenvalue weighted by atomic mass is 10.0. The molecule has 10 heteroatoms. The van der Waals surface area contributed by atoms with E-state index in [1.165, 1.54) is 6.20 Å². The Morgan fingerprint density at radius 1 is 1.13 bits per heavy atom. The summed E-state index contributed by atoms with van der Waals surface area (Å²) < 4.78 is 59.5. The third kappa shape index (κ3) is 2.78. The normalized spacial score (nSPS) is 13.4. The smallest absolute Gasteiger partial charge is 0.417 e. The summed E-state index contributed by atoms with van der Waals surface area (Å²) in [7, 11) is 0. The molecule has 0 atom stereocenters. The Morgan fingerprint density at radius 3 is 2.67 bits per heavy atom. The van der Waals surface area contributed by atoms with Gasteiger partial charge in [0.15, 0.2) is 11.5 Å². The third-order valence-electron chi connectivity index (χ3n) is 5.08. The average Bonchev–Trinajstić information content (AvgIpc) is 3.43. The Hall–Kier alpha value is -3.56. The fraction of sp³-hybridized carbons (Fsp3) is 0.250. The molecule has 0 fully saturated rings. The van der Waals surface area contributed by atoms with Gasteiger partial charge in [0.2, 0.25) is 6.79 Å². The van der Waals surface area contributed by atoms with Gasteiger partial charge < -0.3 is 14.0 Å². The standard InChI is InChI=1S/C20H15F3N4O3/c1-3-27-10(2)12(8-24-27)14-7-13(20(21,22)23)17-18(26-30-19(17)25-14)11-4-5-15-16(6-11)29-9-28-15/h4-8H,3,9H2,1-2H3. The van der Waals surface area contributed by atoms with Crippen molar-refractivity contribution in [1.29, 1.82) is 0 Å². The van der Waals surface area contributed by atoms with Crippen molar-refractivity contribution in [3.63, 3.8) is 0 Å². The van der Waals surface area contributed by atoms with E-state index >= 15 is 0 Å². The molecule has 0 saturated heterocycles. The lowest BCUT2D eigenvalue weighted by Crippen LogP contribution is -2.07. The van der Waals surface area contributed by atoms with Gasteiger partial charge in [0, 0.05) is 23.4 Å². The molecule has 0 amide bonds. The van der Waals surface area contributed by atoms with E-state index < -0.39 is 11.7 Å². The first-order valence-corrected chi connectivity index (χ1v) is 9.17. The van der Waals surface area contributed by atoms with Crippen LogP contribution in [0.4, 0.5) is 13.2 Å². The number of benzene rings is 1. The summed E-state index contributed by atoms with van der Waals surface area (Å²) in [4.78, 5) is 4.31. The van der Waals surface area contributed by atoms with Crippen LogP contribution in [0.15, 0.2) is 35.0 Å². The maximum absolute atomic E-state index is 14.0. The molecule has 1 aliphatic rings. The minimum absolute atomic E-state index is 0.0376. The van der Waals surface area contributed by atoms with Crippen molar-refractivity contribution in [3.8, 4) is 34.0 Å². The van der Waals surface area contributed by atoms with Crippen LogP contribution >= 0.6 is 0 Å². The second kappa shape index (κ2) is 6.48. The number of aryl methyl sites for hydroxylation is 1. The van der Waals surface area contributed by atoms with Gasteiger partial charge in [-0.3, -0.25) is 4.68 Å². The highest BCUT2D eigenvalue weighted by atomic mass is 19.4. The number of pyridine rings is 1. The molecule has 0 unspecified atom stereocenters. The molecule has 0 bridgehead atoms. The van der Waals surface area contributed by atoms with E-state index in [1.807, 2.05) is 6.92 Å². The van der Waals surface area contributed by atoms with E-state index in [1.54, 1.807) is 29.8 Å². The Balaban J connectivity index is 1.73. The Bertz CT molecular complexity index is 1280. The molecule has 154 valence electrons. The molecule has 4 heterocycles. The van der Waals surface area contributed by atoms with Crippen molar-refractivity contribution in [1.82, 2.24) is 19.9 Å². The van der Waals surface area contributed by atoms with E-state index in [9.17, 15) is 13.2 Å². The summed E-state index contributed by atoms with van der Waals surface area (Å²) in [5.74, 6) is 0.954. The molecule has 1 aliphatic heterocycles. The summed E-state index contributed by atoms with van der Waals surface area (Å²) >= 11 is 0. The van der Waals surface area contributed by atoms with E-state index in [-0.39, 0.29) is 29.3 Å². The zero-order valence-corrected chi connectivity index (χ0v) is 15.9. The van der Waals surface area contributed by atoms with Crippen molar-refractivity contribution in [2.75, 3.05) is 6.79 Å². The zero-order chi connectivity index (χ0) is 21.0. The number of alkyl halides is 3. The molecule has 0 aliphatic carbocycles. The highest BCUT2D eigenvalue weighted by Gasteiger charge is 2.37. The van der Waals surface area contributed by atoms with Gasteiger partial charge in [-0.1, -0.05) is 5.16 Å². The van der Waals surface area contributed by atoms with Crippen LogP contribution in [0.5, 0.6) is 11.5 Å². The summed E-state index contributed by atoms with van der Waals surface area (Å²) in [5, 5.41) is 7.88. The second-order valence-corrected chi connectivity index (χ2v) is 6.79. The third-order valence-corrected chi connectivity index (χ3v) is 5.08. The zero-order valence-electron chi connectivity index (χ0n) is 15.9. The minimum Gasteiger partial charge on any atom is -0.454 e. The molecule has 30 heavy (non-hydrogen) atoms. The average molecular weight is 416 g/mol. The lowest BCUT2D eigenvalue weighted by Gasteiger charge is -2.11. The van der Waals surface area contributed by atoms with Crippen LogP contribution in [-0.4, -0.2) is 26.7 Å². The van der Waals surface area contributed by atoms with Crippen LogP contribution in [0.2, 0.25) is 0 Å².